The number of imide groups is 1. The van der Waals surface area contributed by atoms with Gasteiger partial charge in [0.2, 0.25) is 11.8 Å². The second kappa shape index (κ2) is 9.18. The minimum absolute atomic E-state index is 0.0357. The van der Waals surface area contributed by atoms with Gasteiger partial charge in [0.25, 0.3) is 11.8 Å². The Kier molecular flexibility index (Phi) is 6.03. The SMILES string of the molecule is CC(C)C1(c2ccc(C(=O)N3CCC(c4nnc(-c5ccc(F)cc5)o4)CC3)cc2)NC(=O)NC1=O. The fourth-order valence-electron chi connectivity index (χ4n) is 4.91. The molecule has 1 atom stereocenters. The zero-order chi connectivity index (χ0) is 25.4. The van der Waals surface area contributed by atoms with E-state index in [9.17, 15) is 18.8 Å². The van der Waals surface area contributed by atoms with Crippen molar-refractivity contribution in [3.8, 4) is 11.5 Å². The van der Waals surface area contributed by atoms with E-state index in [1.54, 1.807) is 41.3 Å². The van der Waals surface area contributed by atoms with E-state index in [4.69, 9.17) is 4.42 Å². The van der Waals surface area contributed by atoms with E-state index in [1.165, 1.54) is 12.1 Å². The Morgan fingerprint density at radius 2 is 1.72 bits per heavy atom. The van der Waals surface area contributed by atoms with Crippen molar-refractivity contribution in [1.29, 1.82) is 0 Å². The lowest BCUT2D eigenvalue weighted by Gasteiger charge is -2.32. The van der Waals surface area contributed by atoms with Crippen LogP contribution in [0.5, 0.6) is 0 Å². The van der Waals surface area contributed by atoms with Gasteiger partial charge in [0.15, 0.2) is 0 Å². The van der Waals surface area contributed by atoms with Gasteiger partial charge in [0.05, 0.1) is 0 Å². The van der Waals surface area contributed by atoms with Gasteiger partial charge in [0.1, 0.15) is 11.4 Å². The maximum atomic E-state index is 13.2. The van der Waals surface area contributed by atoms with Crippen molar-refractivity contribution in [3.05, 3.63) is 71.4 Å². The Morgan fingerprint density at radius 3 is 2.31 bits per heavy atom. The van der Waals surface area contributed by atoms with Crippen molar-refractivity contribution in [1.82, 2.24) is 25.7 Å². The molecule has 3 aromatic rings. The van der Waals surface area contributed by atoms with Gasteiger partial charge in [-0.15, -0.1) is 10.2 Å². The number of nitrogens with zero attached hydrogens (tertiary/aromatic N) is 3. The van der Waals surface area contributed by atoms with Crippen molar-refractivity contribution >= 4 is 17.8 Å². The zero-order valence-corrected chi connectivity index (χ0v) is 20.0. The molecule has 2 aliphatic rings. The van der Waals surface area contributed by atoms with Gasteiger partial charge in [0, 0.05) is 30.1 Å². The lowest BCUT2D eigenvalue weighted by atomic mass is 9.79. The molecule has 4 amide bonds. The van der Waals surface area contributed by atoms with E-state index >= 15 is 0 Å². The van der Waals surface area contributed by atoms with Crippen molar-refractivity contribution in [2.24, 2.45) is 5.92 Å². The summed E-state index contributed by atoms with van der Waals surface area (Å²) in [5.74, 6) is -0.119. The number of benzene rings is 2. The first-order valence-electron chi connectivity index (χ1n) is 11.9. The molecule has 1 unspecified atom stereocenters. The van der Waals surface area contributed by atoms with Crippen molar-refractivity contribution in [2.45, 2.75) is 38.1 Å². The van der Waals surface area contributed by atoms with Crippen LogP contribution in [0.25, 0.3) is 11.5 Å². The standard InChI is InChI=1S/C26H26FN5O4/c1-15(2)26(24(34)28-25(35)29-26)19-7-3-18(4-8-19)23(33)32-13-11-17(12-14-32)22-31-30-21(36-22)16-5-9-20(27)10-6-16/h3-10,15,17H,11-14H2,1-2H3,(H2,28,29,34,35). The van der Waals surface area contributed by atoms with Crippen LogP contribution in [-0.4, -0.2) is 46.0 Å². The Balaban J connectivity index is 1.24. The number of nitrogens with one attached hydrogen (secondary N) is 2. The highest BCUT2D eigenvalue weighted by Crippen LogP contribution is 2.34. The zero-order valence-electron chi connectivity index (χ0n) is 20.0. The number of hydrogen-bond donors (Lipinski definition) is 2. The smallest absolute Gasteiger partial charge is 0.322 e. The monoisotopic (exact) mass is 491 g/mol. The molecule has 10 heteroatoms. The van der Waals surface area contributed by atoms with Crippen LogP contribution >= 0.6 is 0 Å². The van der Waals surface area contributed by atoms with Gasteiger partial charge in [-0.25, -0.2) is 9.18 Å². The van der Waals surface area contributed by atoms with Crippen molar-refractivity contribution in [2.75, 3.05) is 13.1 Å². The molecule has 0 saturated carbocycles. The van der Waals surface area contributed by atoms with Crippen LogP contribution in [0.15, 0.2) is 52.9 Å². The Labute approximate surface area is 207 Å². The van der Waals surface area contributed by atoms with Crippen molar-refractivity contribution < 1.29 is 23.2 Å². The van der Waals surface area contributed by atoms with Crippen LogP contribution in [0.4, 0.5) is 9.18 Å². The van der Waals surface area contributed by atoms with E-state index < -0.39 is 17.5 Å². The first kappa shape index (κ1) is 23.7. The number of amides is 4. The molecule has 2 saturated heterocycles. The van der Waals surface area contributed by atoms with Crippen LogP contribution in [-0.2, 0) is 10.3 Å². The number of piperidine rings is 1. The van der Waals surface area contributed by atoms with Gasteiger partial charge in [-0.3, -0.25) is 14.9 Å². The summed E-state index contributed by atoms with van der Waals surface area (Å²) in [5, 5.41) is 13.3. The summed E-state index contributed by atoms with van der Waals surface area (Å²) in [5.41, 5.74) is 0.634. The van der Waals surface area contributed by atoms with E-state index in [2.05, 4.69) is 20.8 Å². The maximum absolute atomic E-state index is 13.2. The topological polar surface area (TPSA) is 117 Å². The number of hydrogen-bond acceptors (Lipinski definition) is 6. The number of aromatic nitrogens is 2. The molecule has 0 aliphatic carbocycles. The van der Waals surface area contributed by atoms with Gasteiger partial charge in [-0.1, -0.05) is 26.0 Å². The molecular formula is C26H26FN5O4. The summed E-state index contributed by atoms with van der Waals surface area (Å²) in [6, 6.07) is 12.2. The predicted molar refractivity (Wildman–Crippen MR) is 127 cm³/mol. The molecule has 2 N–H and O–H groups in total. The first-order valence-corrected chi connectivity index (χ1v) is 11.9. The van der Waals surface area contributed by atoms with Crippen LogP contribution in [0, 0.1) is 11.7 Å². The normalized spacial score (nSPS) is 20.5. The van der Waals surface area contributed by atoms with Crippen LogP contribution < -0.4 is 10.6 Å². The number of halogens is 1. The highest BCUT2D eigenvalue weighted by Gasteiger charge is 2.50. The van der Waals surface area contributed by atoms with E-state index in [0.29, 0.717) is 54.4 Å². The van der Waals surface area contributed by atoms with Crippen LogP contribution in [0.2, 0.25) is 0 Å². The average molecular weight is 492 g/mol. The predicted octanol–water partition coefficient (Wildman–Crippen LogP) is 3.59. The van der Waals surface area contributed by atoms with Crippen LogP contribution in [0.3, 0.4) is 0 Å². The third kappa shape index (κ3) is 4.12. The summed E-state index contributed by atoms with van der Waals surface area (Å²) in [6.45, 7) is 4.79. The average Bonchev–Trinajstić information content (AvgIpc) is 3.49. The van der Waals surface area contributed by atoms with Gasteiger partial charge >= 0.3 is 6.03 Å². The number of likely N-dealkylation sites (tertiary alicyclic amines) is 1. The minimum atomic E-state index is -1.16. The molecule has 1 aromatic heterocycles. The second-order valence-corrected chi connectivity index (χ2v) is 9.47. The number of rotatable bonds is 5. The minimum Gasteiger partial charge on any atom is -0.420 e. The molecule has 36 heavy (non-hydrogen) atoms. The molecule has 2 aliphatic heterocycles. The van der Waals surface area contributed by atoms with E-state index in [-0.39, 0.29) is 23.6 Å². The summed E-state index contributed by atoms with van der Waals surface area (Å²) in [7, 11) is 0. The summed E-state index contributed by atoms with van der Waals surface area (Å²) in [6.07, 6.45) is 1.36. The number of carbonyl (C=O) groups excluding carboxylic acids is 3. The Hall–Kier alpha value is -4.08. The second-order valence-electron chi connectivity index (χ2n) is 9.47. The highest BCUT2D eigenvalue weighted by atomic mass is 19.1. The van der Waals surface area contributed by atoms with Crippen LogP contribution in [0.1, 0.15) is 54.4 Å². The molecule has 2 aromatic carbocycles. The summed E-state index contributed by atoms with van der Waals surface area (Å²) in [4.78, 5) is 39.3. The molecule has 3 heterocycles. The molecule has 0 bridgehead atoms. The number of urea groups is 1. The molecular weight excluding hydrogens is 465 g/mol. The number of carbonyl (C=O) groups is 3. The highest BCUT2D eigenvalue weighted by molar-refractivity contribution is 6.07. The fraction of sp³-hybridized carbons (Fsp3) is 0.346. The Morgan fingerprint density at radius 1 is 1.06 bits per heavy atom. The largest absolute Gasteiger partial charge is 0.420 e. The lowest BCUT2D eigenvalue weighted by Crippen LogP contribution is -2.48. The van der Waals surface area contributed by atoms with Gasteiger partial charge in [-0.05, 0) is 60.7 Å². The molecule has 0 spiro atoms. The lowest BCUT2D eigenvalue weighted by molar-refractivity contribution is -0.125. The maximum Gasteiger partial charge on any atom is 0.322 e. The summed E-state index contributed by atoms with van der Waals surface area (Å²) >= 11 is 0. The first-order chi connectivity index (χ1) is 17.3. The van der Waals surface area contributed by atoms with Crippen molar-refractivity contribution in [3.63, 3.8) is 0 Å². The molecule has 186 valence electrons. The van der Waals surface area contributed by atoms with Gasteiger partial charge in [-0.2, -0.15) is 0 Å². The summed E-state index contributed by atoms with van der Waals surface area (Å²) < 4.78 is 19.0. The van der Waals surface area contributed by atoms with Gasteiger partial charge < -0.3 is 14.6 Å². The Bertz CT molecular complexity index is 1300. The van der Waals surface area contributed by atoms with E-state index in [0.717, 1.165) is 0 Å². The third-order valence-electron chi connectivity index (χ3n) is 7.01. The molecule has 0 radical (unpaired) electrons. The third-order valence-corrected chi connectivity index (χ3v) is 7.01. The quantitative estimate of drug-likeness (QED) is 0.527. The molecule has 9 nitrogen and oxygen atoms in total. The van der Waals surface area contributed by atoms with E-state index in [1.807, 2.05) is 13.8 Å². The molecule has 2 fully saturated rings. The fourth-order valence-corrected chi connectivity index (χ4v) is 4.91. The molecule has 5 rings (SSSR count).